The van der Waals surface area contributed by atoms with Crippen LogP contribution in [0.2, 0.25) is 0 Å². The summed E-state index contributed by atoms with van der Waals surface area (Å²) in [6, 6.07) is 5.85. The largest absolute Gasteiger partial charge is 0.396 e. The highest BCUT2D eigenvalue weighted by molar-refractivity contribution is 5.42. The molecule has 0 unspecified atom stereocenters. The number of benzene rings is 1. The maximum Gasteiger partial charge on any atom is 0.150 e. The van der Waals surface area contributed by atoms with E-state index in [4.69, 9.17) is 5.73 Å². The van der Waals surface area contributed by atoms with Crippen molar-refractivity contribution < 1.29 is 4.39 Å². The van der Waals surface area contributed by atoms with Crippen molar-refractivity contribution in [3.05, 3.63) is 29.6 Å². The fraction of sp³-hybridized carbons (Fsp3) is 0.600. The highest BCUT2D eigenvalue weighted by atomic mass is 19.1. The van der Waals surface area contributed by atoms with Crippen molar-refractivity contribution in [3.8, 4) is 0 Å². The molecule has 0 atom stereocenters. The Balaban J connectivity index is 1.98. The molecule has 1 saturated carbocycles. The molecule has 0 saturated heterocycles. The molecule has 2 N–H and O–H groups in total. The lowest BCUT2D eigenvalue weighted by atomic mass is 9.86. The summed E-state index contributed by atoms with van der Waals surface area (Å²) < 4.78 is 13.8. The third kappa shape index (κ3) is 3.02. The molecular weight excluding hydrogens is 227 g/mol. The van der Waals surface area contributed by atoms with Gasteiger partial charge in [0.1, 0.15) is 0 Å². The second-order valence-electron chi connectivity index (χ2n) is 5.65. The standard InChI is InChI=1S/C15H23FN2/c1-11-6-8-13(9-7-11)18(2)10-12-4-3-5-14(17)15(12)16/h3-5,11,13H,6-10,17H2,1-2H3. The third-order valence-electron chi connectivity index (χ3n) is 4.14. The lowest BCUT2D eigenvalue weighted by Gasteiger charge is -2.33. The third-order valence-corrected chi connectivity index (χ3v) is 4.14. The summed E-state index contributed by atoms with van der Waals surface area (Å²) >= 11 is 0. The van der Waals surface area contributed by atoms with Gasteiger partial charge >= 0.3 is 0 Å². The molecule has 2 rings (SSSR count). The van der Waals surface area contributed by atoms with Gasteiger partial charge in [-0.2, -0.15) is 0 Å². The van der Waals surface area contributed by atoms with E-state index in [-0.39, 0.29) is 11.5 Å². The first-order valence-electron chi connectivity index (χ1n) is 6.81. The van der Waals surface area contributed by atoms with Gasteiger partial charge in [-0.1, -0.05) is 19.1 Å². The summed E-state index contributed by atoms with van der Waals surface area (Å²) in [5, 5.41) is 0. The number of nitrogen functional groups attached to an aromatic ring is 1. The number of anilines is 1. The van der Waals surface area contributed by atoms with Crippen LogP contribution in [0.25, 0.3) is 0 Å². The molecule has 100 valence electrons. The SMILES string of the molecule is CC1CCC(N(C)Cc2cccc(N)c2F)CC1. The first kappa shape index (κ1) is 13.3. The fourth-order valence-corrected chi connectivity index (χ4v) is 2.80. The van der Waals surface area contributed by atoms with Crippen LogP contribution in [0, 0.1) is 11.7 Å². The van der Waals surface area contributed by atoms with E-state index >= 15 is 0 Å². The van der Waals surface area contributed by atoms with E-state index in [0.29, 0.717) is 18.2 Å². The molecule has 0 amide bonds. The van der Waals surface area contributed by atoms with Crippen molar-refractivity contribution >= 4 is 5.69 Å². The van der Waals surface area contributed by atoms with Crippen LogP contribution >= 0.6 is 0 Å². The van der Waals surface area contributed by atoms with E-state index in [1.165, 1.54) is 25.7 Å². The molecule has 1 aliphatic rings. The van der Waals surface area contributed by atoms with Crippen LogP contribution in [0.15, 0.2) is 18.2 Å². The van der Waals surface area contributed by atoms with Gasteiger partial charge in [-0.05, 0) is 44.7 Å². The molecule has 1 aromatic carbocycles. The first-order chi connectivity index (χ1) is 8.58. The topological polar surface area (TPSA) is 29.3 Å². The van der Waals surface area contributed by atoms with E-state index in [9.17, 15) is 4.39 Å². The first-order valence-corrected chi connectivity index (χ1v) is 6.81. The Morgan fingerprint density at radius 1 is 1.28 bits per heavy atom. The zero-order chi connectivity index (χ0) is 13.1. The highest BCUT2D eigenvalue weighted by Gasteiger charge is 2.22. The lowest BCUT2D eigenvalue weighted by Crippen LogP contribution is -2.34. The molecule has 0 aliphatic heterocycles. The van der Waals surface area contributed by atoms with Gasteiger partial charge in [-0.25, -0.2) is 4.39 Å². The molecule has 3 heteroatoms. The summed E-state index contributed by atoms with van der Waals surface area (Å²) in [6.45, 7) is 2.96. The molecule has 0 bridgehead atoms. The van der Waals surface area contributed by atoms with Crippen molar-refractivity contribution in [3.63, 3.8) is 0 Å². The van der Waals surface area contributed by atoms with Crippen LogP contribution in [0.4, 0.5) is 10.1 Å². The molecule has 2 nitrogen and oxygen atoms in total. The molecule has 0 spiro atoms. The number of rotatable bonds is 3. The molecule has 0 radical (unpaired) electrons. The summed E-state index contributed by atoms with van der Waals surface area (Å²) in [6.07, 6.45) is 5.02. The minimum absolute atomic E-state index is 0.248. The molecule has 0 heterocycles. The monoisotopic (exact) mass is 250 g/mol. The smallest absolute Gasteiger partial charge is 0.150 e. The van der Waals surface area contributed by atoms with Crippen molar-refractivity contribution in [2.75, 3.05) is 12.8 Å². The Labute approximate surface area is 109 Å². The minimum Gasteiger partial charge on any atom is -0.396 e. The molecule has 1 aliphatic carbocycles. The zero-order valence-corrected chi connectivity index (χ0v) is 11.3. The summed E-state index contributed by atoms with van der Waals surface area (Å²) in [5.74, 6) is 0.590. The van der Waals surface area contributed by atoms with Crippen LogP contribution < -0.4 is 5.73 Å². The van der Waals surface area contributed by atoms with E-state index in [1.54, 1.807) is 6.07 Å². The van der Waals surface area contributed by atoms with Crippen LogP contribution in [-0.4, -0.2) is 18.0 Å². The van der Waals surface area contributed by atoms with Gasteiger partial charge in [0, 0.05) is 18.2 Å². The van der Waals surface area contributed by atoms with Gasteiger partial charge < -0.3 is 5.73 Å². The summed E-state index contributed by atoms with van der Waals surface area (Å²) in [7, 11) is 2.09. The number of hydrogen-bond acceptors (Lipinski definition) is 2. The maximum atomic E-state index is 13.8. The Hall–Kier alpha value is -1.09. The quantitative estimate of drug-likeness (QED) is 0.833. The second-order valence-corrected chi connectivity index (χ2v) is 5.65. The van der Waals surface area contributed by atoms with Gasteiger partial charge in [0.2, 0.25) is 0 Å². The van der Waals surface area contributed by atoms with Crippen LogP contribution in [-0.2, 0) is 6.54 Å². The van der Waals surface area contributed by atoms with Gasteiger partial charge in [0.25, 0.3) is 0 Å². The van der Waals surface area contributed by atoms with Gasteiger partial charge in [-0.15, -0.1) is 0 Å². The van der Waals surface area contributed by atoms with Crippen molar-refractivity contribution in [1.29, 1.82) is 0 Å². The van der Waals surface area contributed by atoms with E-state index < -0.39 is 0 Å². The van der Waals surface area contributed by atoms with Crippen molar-refractivity contribution in [1.82, 2.24) is 4.90 Å². The fourth-order valence-electron chi connectivity index (χ4n) is 2.80. The normalized spacial score (nSPS) is 24.4. The summed E-state index contributed by atoms with van der Waals surface area (Å²) in [5.41, 5.74) is 6.55. The van der Waals surface area contributed by atoms with Crippen LogP contribution in [0.5, 0.6) is 0 Å². The number of hydrogen-bond donors (Lipinski definition) is 1. The van der Waals surface area contributed by atoms with E-state index in [0.717, 1.165) is 5.92 Å². The maximum absolute atomic E-state index is 13.8. The van der Waals surface area contributed by atoms with Crippen molar-refractivity contribution in [2.45, 2.75) is 45.2 Å². The zero-order valence-electron chi connectivity index (χ0n) is 11.3. The van der Waals surface area contributed by atoms with Gasteiger partial charge in [0.05, 0.1) is 5.69 Å². The van der Waals surface area contributed by atoms with Crippen LogP contribution in [0.1, 0.15) is 38.2 Å². The molecule has 0 aromatic heterocycles. The second kappa shape index (κ2) is 5.70. The van der Waals surface area contributed by atoms with Crippen molar-refractivity contribution in [2.24, 2.45) is 5.92 Å². The lowest BCUT2D eigenvalue weighted by molar-refractivity contribution is 0.162. The highest BCUT2D eigenvalue weighted by Crippen LogP contribution is 2.27. The predicted molar refractivity (Wildman–Crippen MR) is 73.7 cm³/mol. The van der Waals surface area contributed by atoms with E-state index in [2.05, 4.69) is 18.9 Å². The average Bonchev–Trinajstić information content (AvgIpc) is 2.36. The number of halogens is 1. The minimum atomic E-state index is -0.256. The number of nitrogens with two attached hydrogens (primary N) is 1. The number of nitrogens with zero attached hydrogens (tertiary/aromatic N) is 1. The van der Waals surface area contributed by atoms with E-state index in [1.807, 2.05) is 12.1 Å². The molecule has 1 aromatic rings. The average molecular weight is 250 g/mol. The molecular formula is C15H23FN2. The Morgan fingerprint density at radius 3 is 2.61 bits per heavy atom. The van der Waals surface area contributed by atoms with Gasteiger partial charge in [-0.3, -0.25) is 4.90 Å². The summed E-state index contributed by atoms with van der Waals surface area (Å²) in [4.78, 5) is 2.27. The van der Waals surface area contributed by atoms with Crippen LogP contribution in [0.3, 0.4) is 0 Å². The van der Waals surface area contributed by atoms with Gasteiger partial charge in [0.15, 0.2) is 5.82 Å². The Morgan fingerprint density at radius 2 is 1.94 bits per heavy atom. The molecule has 18 heavy (non-hydrogen) atoms. The molecule has 1 fully saturated rings. The Bertz CT molecular complexity index is 397. The Kier molecular flexibility index (Phi) is 4.23. The predicted octanol–water partition coefficient (Wildman–Crippen LogP) is 3.42.